The summed E-state index contributed by atoms with van der Waals surface area (Å²) in [6.07, 6.45) is 4.23. The Balaban J connectivity index is 1.95. The van der Waals surface area contributed by atoms with Crippen molar-refractivity contribution in [3.63, 3.8) is 0 Å². The summed E-state index contributed by atoms with van der Waals surface area (Å²) < 4.78 is 0. The number of hydrogen-bond acceptors (Lipinski definition) is 4. The normalized spacial score (nSPS) is 20.8. The third-order valence-corrected chi connectivity index (χ3v) is 4.47. The number of allylic oxidation sites excluding steroid dienone is 2. The van der Waals surface area contributed by atoms with E-state index in [0.717, 1.165) is 5.56 Å². The Labute approximate surface area is 125 Å². The van der Waals surface area contributed by atoms with Gasteiger partial charge < -0.3 is 5.11 Å². The van der Waals surface area contributed by atoms with Crippen LogP contribution in [0.3, 0.4) is 0 Å². The monoisotopic (exact) mass is 308 g/mol. The maximum absolute atomic E-state index is 12.1. The topological polar surface area (TPSA) is 95.5 Å². The van der Waals surface area contributed by atoms with Crippen LogP contribution in [-0.4, -0.2) is 22.9 Å². The standard InChI is InChI=1S/C14H16N2O4S/c1-8-6-7-21-11(8)13(18)16-15-12(17)9-4-2-3-5-10(9)14(19)20/h2-3,6-7,9-10H,4-5H2,1H3,(H,15,17)(H,16,18)(H,19,20)/t9-,10-/m0/s1. The maximum Gasteiger partial charge on any atom is 0.307 e. The summed E-state index contributed by atoms with van der Waals surface area (Å²) in [6.45, 7) is 1.81. The Bertz CT molecular complexity index is 594. The lowest BCUT2D eigenvalue weighted by Gasteiger charge is -2.24. The number of carboxylic acid groups (broad SMARTS) is 1. The molecule has 0 saturated carbocycles. The molecule has 1 aliphatic carbocycles. The Morgan fingerprint density at radius 1 is 1.19 bits per heavy atom. The van der Waals surface area contributed by atoms with E-state index in [4.69, 9.17) is 5.11 Å². The van der Waals surface area contributed by atoms with E-state index in [1.54, 1.807) is 24.5 Å². The summed E-state index contributed by atoms with van der Waals surface area (Å²) in [5, 5.41) is 10.9. The molecule has 0 spiro atoms. The SMILES string of the molecule is Cc1ccsc1C(=O)NNC(=O)[C@H]1CC=CC[C@@H]1C(=O)O. The maximum atomic E-state index is 12.1. The van der Waals surface area contributed by atoms with Crippen molar-refractivity contribution < 1.29 is 19.5 Å². The zero-order valence-corrected chi connectivity index (χ0v) is 12.3. The van der Waals surface area contributed by atoms with E-state index in [9.17, 15) is 14.4 Å². The summed E-state index contributed by atoms with van der Waals surface area (Å²) in [7, 11) is 0. The average molecular weight is 308 g/mol. The van der Waals surface area contributed by atoms with Crippen LogP contribution < -0.4 is 10.9 Å². The molecule has 0 aliphatic heterocycles. The number of rotatable bonds is 3. The summed E-state index contributed by atoms with van der Waals surface area (Å²) >= 11 is 1.28. The van der Waals surface area contributed by atoms with Gasteiger partial charge in [0.2, 0.25) is 5.91 Å². The first kappa shape index (κ1) is 15.2. The molecule has 7 heteroatoms. The van der Waals surface area contributed by atoms with E-state index in [1.165, 1.54) is 11.3 Å². The van der Waals surface area contributed by atoms with Gasteiger partial charge >= 0.3 is 5.97 Å². The van der Waals surface area contributed by atoms with E-state index < -0.39 is 29.6 Å². The molecule has 1 aliphatic rings. The van der Waals surface area contributed by atoms with Gasteiger partial charge in [-0.2, -0.15) is 0 Å². The number of hydrogen-bond donors (Lipinski definition) is 3. The van der Waals surface area contributed by atoms with Gasteiger partial charge in [-0.3, -0.25) is 25.2 Å². The molecular formula is C14H16N2O4S. The summed E-state index contributed by atoms with van der Waals surface area (Å²) in [6, 6.07) is 1.81. The minimum atomic E-state index is -1.00. The van der Waals surface area contributed by atoms with Gasteiger partial charge in [0, 0.05) is 0 Å². The summed E-state index contributed by atoms with van der Waals surface area (Å²) in [5.74, 6) is -3.30. The van der Waals surface area contributed by atoms with Crippen molar-refractivity contribution in [3.05, 3.63) is 34.0 Å². The van der Waals surface area contributed by atoms with Crippen LogP contribution in [-0.2, 0) is 9.59 Å². The number of carbonyl (C=O) groups is 3. The van der Waals surface area contributed by atoms with Gasteiger partial charge in [-0.1, -0.05) is 12.2 Å². The second kappa shape index (κ2) is 6.53. The van der Waals surface area contributed by atoms with Crippen LogP contribution in [0.2, 0.25) is 0 Å². The van der Waals surface area contributed by atoms with Crippen LogP contribution in [0, 0.1) is 18.8 Å². The van der Waals surface area contributed by atoms with Crippen LogP contribution >= 0.6 is 11.3 Å². The second-order valence-electron chi connectivity index (χ2n) is 4.87. The zero-order chi connectivity index (χ0) is 15.4. The number of hydrazine groups is 1. The van der Waals surface area contributed by atoms with Crippen molar-refractivity contribution >= 4 is 29.1 Å². The molecule has 3 N–H and O–H groups in total. The van der Waals surface area contributed by atoms with Crippen LogP contribution in [0.25, 0.3) is 0 Å². The molecule has 112 valence electrons. The third-order valence-electron chi connectivity index (χ3n) is 3.45. The Hall–Kier alpha value is -2.15. The summed E-state index contributed by atoms with van der Waals surface area (Å²) in [5.41, 5.74) is 5.49. The lowest BCUT2D eigenvalue weighted by atomic mass is 9.82. The minimum absolute atomic E-state index is 0.325. The molecule has 0 radical (unpaired) electrons. The lowest BCUT2D eigenvalue weighted by molar-refractivity contribution is -0.147. The highest BCUT2D eigenvalue weighted by Crippen LogP contribution is 2.25. The number of aryl methyl sites for hydroxylation is 1. The molecule has 0 aromatic carbocycles. The molecule has 0 unspecified atom stereocenters. The first-order valence-electron chi connectivity index (χ1n) is 6.52. The first-order chi connectivity index (χ1) is 10.0. The molecule has 21 heavy (non-hydrogen) atoms. The number of carboxylic acids is 1. The van der Waals surface area contributed by atoms with E-state index in [-0.39, 0.29) is 0 Å². The highest BCUT2D eigenvalue weighted by Gasteiger charge is 2.34. The molecule has 0 bridgehead atoms. The zero-order valence-electron chi connectivity index (χ0n) is 11.5. The lowest BCUT2D eigenvalue weighted by Crippen LogP contribution is -2.47. The van der Waals surface area contributed by atoms with Crippen molar-refractivity contribution in [1.82, 2.24) is 10.9 Å². The van der Waals surface area contributed by atoms with Crippen LogP contribution in [0.4, 0.5) is 0 Å². The van der Waals surface area contributed by atoms with E-state index in [1.807, 2.05) is 6.07 Å². The largest absolute Gasteiger partial charge is 0.481 e. The van der Waals surface area contributed by atoms with Gasteiger partial charge in [0.15, 0.2) is 0 Å². The molecule has 0 fully saturated rings. The fourth-order valence-electron chi connectivity index (χ4n) is 2.25. The molecule has 2 atom stereocenters. The molecule has 2 rings (SSSR count). The minimum Gasteiger partial charge on any atom is -0.481 e. The van der Waals surface area contributed by atoms with Crippen LogP contribution in [0.5, 0.6) is 0 Å². The predicted octanol–water partition coefficient (Wildman–Crippen LogP) is 1.48. The smallest absolute Gasteiger partial charge is 0.307 e. The van der Waals surface area contributed by atoms with Gasteiger partial charge in [-0.15, -0.1) is 11.3 Å². The number of nitrogens with one attached hydrogen (secondary N) is 2. The van der Waals surface area contributed by atoms with Crippen LogP contribution in [0.1, 0.15) is 28.1 Å². The first-order valence-corrected chi connectivity index (χ1v) is 7.40. The average Bonchev–Trinajstić information content (AvgIpc) is 2.90. The second-order valence-corrected chi connectivity index (χ2v) is 5.79. The Morgan fingerprint density at radius 3 is 2.43 bits per heavy atom. The van der Waals surface area contributed by atoms with E-state index in [0.29, 0.717) is 17.7 Å². The van der Waals surface area contributed by atoms with E-state index >= 15 is 0 Å². The molecule has 1 aromatic rings. The van der Waals surface area contributed by atoms with Crippen LogP contribution in [0.15, 0.2) is 23.6 Å². The third kappa shape index (κ3) is 3.49. The summed E-state index contributed by atoms with van der Waals surface area (Å²) in [4.78, 5) is 35.6. The van der Waals surface area contributed by atoms with Crippen molar-refractivity contribution in [2.45, 2.75) is 19.8 Å². The van der Waals surface area contributed by atoms with Gasteiger partial charge in [0.25, 0.3) is 5.91 Å². The number of carbonyl (C=O) groups excluding carboxylic acids is 2. The Morgan fingerprint density at radius 2 is 1.86 bits per heavy atom. The van der Waals surface area contributed by atoms with Gasteiger partial charge in [-0.05, 0) is 36.8 Å². The highest BCUT2D eigenvalue weighted by molar-refractivity contribution is 7.12. The molecular weight excluding hydrogens is 292 g/mol. The fraction of sp³-hybridized carbons (Fsp3) is 0.357. The molecule has 6 nitrogen and oxygen atoms in total. The van der Waals surface area contributed by atoms with Crippen molar-refractivity contribution in [2.24, 2.45) is 11.8 Å². The fourth-order valence-corrected chi connectivity index (χ4v) is 3.07. The van der Waals surface area contributed by atoms with Gasteiger partial charge in [0.1, 0.15) is 0 Å². The van der Waals surface area contributed by atoms with Crippen molar-refractivity contribution in [3.8, 4) is 0 Å². The van der Waals surface area contributed by atoms with Gasteiger partial charge in [0.05, 0.1) is 16.7 Å². The van der Waals surface area contributed by atoms with Crippen molar-refractivity contribution in [1.29, 1.82) is 0 Å². The Kier molecular flexibility index (Phi) is 4.74. The number of amides is 2. The quantitative estimate of drug-likeness (QED) is 0.582. The molecule has 2 amide bonds. The molecule has 1 aromatic heterocycles. The molecule has 1 heterocycles. The molecule has 0 saturated heterocycles. The van der Waals surface area contributed by atoms with Crippen molar-refractivity contribution in [2.75, 3.05) is 0 Å². The van der Waals surface area contributed by atoms with Gasteiger partial charge in [-0.25, -0.2) is 0 Å². The predicted molar refractivity (Wildman–Crippen MR) is 77.7 cm³/mol. The number of aliphatic carboxylic acids is 1. The van der Waals surface area contributed by atoms with E-state index in [2.05, 4.69) is 10.9 Å². The highest BCUT2D eigenvalue weighted by atomic mass is 32.1. The number of thiophene rings is 1.